The van der Waals surface area contributed by atoms with Crippen LogP contribution >= 0.6 is 0 Å². The van der Waals surface area contributed by atoms with Crippen molar-refractivity contribution in [2.75, 3.05) is 35.5 Å². The number of esters is 1. The molecule has 0 N–H and O–H groups in total. The van der Waals surface area contributed by atoms with Crippen molar-refractivity contribution >= 4 is 17.8 Å². The Kier molecular flexibility index (Phi) is 7.00. The topological polar surface area (TPSA) is 98.8 Å². The zero-order valence-electron chi connectivity index (χ0n) is 20.4. The molecule has 1 heterocycles. The van der Waals surface area contributed by atoms with Crippen LogP contribution < -0.4 is 33.2 Å². The second-order valence-corrected chi connectivity index (χ2v) is 7.48. The summed E-state index contributed by atoms with van der Waals surface area (Å²) in [6.07, 6.45) is 1.55. The number of carbonyl (C=O) groups excluding carboxylic acids is 2. The number of carbonyl (C=O) groups is 2. The fourth-order valence-electron chi connectivity index (χ4n) is 3.74. The second kappa shape index (κ2) is 10.3. The number of ketones is 1. The van der Waals surface area contributed by atoms with Crippen molar-refractivity contribution < 1.29 is 42.7 Å². The van der Waals surface area contributed by atoms with Crippen molar-refractivity contribution in [3.8, 4) is 40.2 Å². The molecule has 0 aromatic heterocycles. The zero-order valence-corrected chi connectivity index (χ0v) is 20.4. The van der Waals surface area contributed by atoms with Gasteiger partial charge < -0.3 is 33.2 Å². The van der Waals surface area contributed by atoms with Gasteiger partial charge in [-0.15, -0.1) is 0 Å². The van der Waals surface area contributed by atoms with Crippen LogP contribution in [0.1, 0.15) is 26.3 Å². The first-order valence-corrected chi connectivity index (χ1v) is 10.8. The van der Waals surface area contributed by atoms with E-state index in [9.17, 15) is 9.59 Å². The lowest BCUT2D eigenvalue weighted by Crippen LogP contribution is -2.09. The molecule has 0 amide bonds. The predicted octanol–water partition coefficient (Wildman–Crippen LogP) is 4.57. The van der Waals surface area contributed by atoms with Crippen LogP contribution in [0.5, 0.6) is 40.2 Å². The Morgan fingerprint density at radius 1 is 0.750 bits per heavy atom. The minimum absolute atomic E-state index is 0.0823. The Bertz CT molecular complexity index is 1360. The highest BCUT2D eigenvalue weighted by Crippen LogP contribution is 2.42. The van der Waals surface area contributed by atoms with Crippen molar-refractivity contribution in [3.63, 3.8) is 0 Å². The standard InChI is InChI=1S/C27H24O9/c1-30-19-10-7-16(13-22(19)32-3)27(29)35-17-8-9-18-21(14-17)36-23(24(18)28)12-15-6-11-20(31-2)26(34-5)25(15)33-4/h6-14H,1-5H3/b23-12-. The molecule has 4 rings (SSSR count). The van der Waals surface area contributed by atoms with Crippen LogP contribution in [0.15, 0.2) is 54.3 Å². The predicted molar refractivity (Wildman–Crippen MR) is 130 cm³/mol. The summed E-state index contributed by atoms with van der Waals surface area (Å²) in [5.41, 5.74) is 1.17. The van der Waals surface area contributed by atoms with Gasteiger partial charge in [0.15, 0.2) is 28.8 Å². The molecule has 186 valence electrons. The van der Waals surface area contributed by atoms with Crippen LogP contribution in [0, 0.1) is 0 Å². The Morgan fingerprint density at radius 2 is 1.44 bits per heavy atom. The first-order chi connectivity index (χ1) is 17.4. The molecule has 3 aromatic carbocycles. The Balaban J connectivity index is 1.58. The Morgan fingerprint density at radius 3 is 2.11 bits per heavy atom. The quantitative estimate of drug-likeness (QED) is 0.254. The number of hydrogen-bond acceptors (Lipinski definition) is 9. The fraction of sp³-hybridized carbons (Fsp3) is 0.185. The molecule has 9 nitrogen and oxygen atoms in total. The number of hydrogen-bond donors (Lipinski definition) is 0. The highest BCUT2D eigenvalue weighted by Gasteiger charge is 2.29. The molecule has 3 aromatic rings. The van der Waals surface area contributed by atoms with Gasteiger partial charge in [0.1, 0.15) is 11.5 Å². The third kappa shape index (κ3) is 4.50. The average Bonchev–Trinajstić information content (AvgIpc) is 3.21. The maximum absolute atomic E-state index is 12.9. The summed E-state index contributed by atoms with van der Waals surface area (Å²) in [5.74, 6) is 1.79. The normalized spacial score (nSPS) is 13.0. The van der Waals surface area contributed by atoms with E-state index in [1.54, 1.807) is 36.4 Å². The van der Waals surface area contributed by atoms with E-state index in [4.69, 9.17) is 33.2 Å². The van der Waals surface area contributed by atoms with Crippen molar-refractivity contribution in [2.24, 2.45) is 0 Å². The largest absolute Gasteiger partial charge is 0.493 e. The molecule has 0 fully saturated rings. The number of rotatable bonds is 8. The average molecular weight is 492 g/mol. The van der Waals surface area contributed by atoms with Gasteiger partial charge in [0, 0.05) is 11.6 Å². The summed E-state index contributed by atoms with van der Waals surface area (Å²) >= 11 is 0. The molecule has 36 heavy (non-hydrogen) atoms. The third-order valence-electron chi connectivity index (χ3n) is 5.49. The highest BCUT2D eigenvalue weighted by atomic mass is 16.5. The summed E-state index contributed by atoms with van der Waals surface area (Å²) in [5, 5.41) is 0. The number of ether oxygens (including phenoxy) is 7. The molecule has 0 spiro atoms. The molecule has 0 radical (unpaired) electrons. The number of Topliss-reactive ketones (excluding diaryl/α,β-unsaturated/α-hetero) is 1. The van der Waals surface area contributed by atoms with Crippen LogP contribution in [-0.2, 0) is 0 Å². The van der Waals surface area contributed by atoms with Gasteiger partial charge in [0.2, 0.25) is 11.5 Å². The molecular formula is C27H24O9. The lowest BCUT2D eigenvalue weighted by molar-refractivity contribution is 0.0734. The molecule has 0 atom stereocenters. The van der Waals surface area contributed by atoms with Crippen LogP contribution in [0.25, 0.3) is 6.08 Å². The number of methoxy groups -OCH3 is 5. The highest BCUT2D eigenvalue weighted by molar-refractivity contribution is 6.14. The van der Waals surface area contributed by atoms with Crippen molar-refractivity contribution in [2.45, 2.75) is 0 Å². The molecule has 0 saturated heterocycles. The minimum Gasteiger partial charge on any atom is -0.493 e. The fourth-order valence-corrected chi connectivity index (χ4v) is 3.74. The Labute approximate surface area is 207 Å². The van der Waals surface area contributed by atoms with E-state index in [2.05, 4.69) is 0 Å². The summed E-state index contributed by atoms with van der Waals surface area (Å²) in [6.45, 7) is 0. The van der Waals surface area contributed by atoms with Crippen LogP contribution in [0.4, 0.5) is 0 Å². The molecule has 9 heteroatoms. The number of fused-ring (bicyclic) bond motifs is 1. The van der Waals surface area contributed by atoms with E-state index in [1.807, 2.05) is 0 Å². The summed E-state index contributed by atoms with van der Waals surface area (Å²) in [4.78, 5) is 25.6. The molecule has 0 aliphatic carbocycles. The van der Waals surface area contributed by atoms with Crippen molar-refractivity contribution in [1.82, 2.24) is 0 Å². The maximum Gasteiger partial charge on any atom is 0.343 e. The van der Waals surface area contributed by atoms with Gasteiger partial charge in [-0.05, 0) is 48.5 Å². The summed E-state index contributed by atoms with van der Waals surface area (Å²) < 4.78 is 37.9. The summed E-state index contributed by atoms with van der Waals surface area (Å²) in [6, 6.07) is 12.7. The van der Waals surface area contributed by atoms with Crippen molar-refractivity contribution in [3.05, 3.63) is 71.0 Å². The maximum atomic E-state index is 12.9. The molecule has 1 aliphatic heterocycles. The van der Waals surface area contributed by atoms with E-state index in [1.165, 1.54) is 53.7 Å². The monoisotopic (exact) mass is 492 g/mol. The second-order valence-electron chi connectivity index (χ2n) is 7.48. The van der Waals surface area contributed by atoms with Gasteiger partial charge in [-0.3, -0.25) is 4.79 Å². The molecule has 0 unspecified atom stereocenters. The minimum atomic E-state index is -0.606. The molecular weight excluding hydrogens is 468 g/mol. The van der Waals surface area contributed by atoms with Gasteiger partial charge >= 0.3 is 5.97 Å². The van der Waals surface area contributed by atoms with Crippen LogP contribution in [0.2, 0.25) is 0 Å². The first-order valence-electron chi connectivity index (χ1n) is 10.8. The van der Waals surface area contributed by atoms with Gasteiger partial charge in [0.05, 0.1) is 46.7 Å². The van der Waals surface area contributed by atoms with Crippen molar-refractivity contribution in [1.29, 1.82) is 0 Å². The number of allylic oxidation sites excluding steroid dienone is 1. The van der Waals surface area contributed by atoms with E-state index in [0.29, 0.717) is 39.9 Å². The van der Waals surface area contributed by atoms with E-state index < -0.39 is 5.97 Å². The van der Waals surface area contributed by atoms with Gasteiger partial charge in [-0.25, -0.2) is 4.79 Å². The third-order valence-corrected chi connectivity index (χ3v) is 5.49. The molecule has 1 aliphatic rings. The number of benzene rings is 3. The van der Waals surface area contributed by atoms with Crippen LogP contribution in [-0.4, -0.2) is 47.3 Å². The lowest BCUT2D eigenvalue weighted by Gasteiger charge is -2.14. The first kappa shape index (κ1) is 24.5. The van der Waals surface area contributed by atoms with Crippen LogP contribution in [0.3, 0.4) is 0 Å². The van der Waals surface area contributed by atoms with E-state index in [0.717, 1.165) is 0 Å². The van der Waals surface area contributed by atoms with Gasteiger partial charge in [-0.1, -0.05) is 0 Å². The smallest absolute Gasteiger partial charge is 0.343 e. The SMILES string of the molecule is COc1ccc(C(=O)Oc2ccc3c(c2)O/C(=C\c2ccc(OC)c(OC)c2OC)C3=O)cc1OC. The molecule has 0 bridgehead atoms. The van der Waals surface area contributed by atoms with Gasteiger partial charge in [-0.2, -0.15) is 0 Å². The zero-order chi connectivity index (χ0) is 25.8. The Hall–Kier alpha value is -4.66. The lowest BCUT2D eigenvalue weighted by atomic mass is 10.1. The van der Waals surface area contributed by atoms with Gasteiger partial charge in [0.25, 0.3) is 0 Å². The van der Waals surface area contributed by atoms with E-state index >= 15 is 0 Å². The molecule has 0 saturated carbocycles. The van der Waals surface area contributed by atoms with E-state index in [-0.39, 0.29) is 28.6 Å². The summed E-state index contributed by atoms with van der Waals surface area (Å²) in [7, 11) is 7.49.